The summed E-state index contributed by atoms with van der Waals surface area (Å²) < 4.78 is 25.8. The monoisotopic (exact) mass is 459 g/mol. The number of hydrogen-bond acceptors (Lipinski definition) is 6. The molecule has 0 radical (unpaired) electrons. The Kier molecular flexibility index (Phi) is 5.10. The lowest BCUT2D eigenvalue weighted by Crippen LogP contribution is -2.48. The molecule has 34 heavy (non-hydrogen) atoms. The third-order valence-electron chi connectivity index (χ3n) is 6.27. The lowest BCUT2D eigenvalue weighted by Gasteiger charge is -2.34. The molecule has 0 saturated carbocycles. The molecule has 4 aromatic rings. The fourth-order valence-electron chi connectivity index (χ4n) is 4.46. The van der Waals surface area contributed by atoms with Gasteiger partial charge in [0.25, 0.3) is 5.91 Å². The van der Waals surface area contributed by atoms with Gasteiger partial charge in [-0.25, -0.2) is 13.9 Å². The fraction of sp³-hybridized carbons (Fsp3) is 0.240. The van der Waals surface area contributed by atoms with Gasteiger partial charge in [-0.05, 0) is 48.0 Å². The minimum absolute atomic E-state index is 0.0820. The molecule has 4 heterocycles. The van der Waals surface area contributed by atoms with Crippen molar-refractivity contribution >= 4 is 11.6 Å². The second-order valence-corrected chi connectivity index (χ2v) is 8.39. The van der Waals surface area contributed by atoms with E-state index in [0.29, 0.717) is 24.3 Å². The van der Waals surface area contributed by atoms with Crippen LogP contribution in [-0.2, 0) is 6.54 Å². The van der Waals surface area contributed by atoms with Crippen molar-refractivity contribution in [3.8, 4) is 22.8 Å². The molecule has 1 fully saturated rings. The minimum atomic E-state index is -0.303. The molecule has 2 aromatic heterocycles. The van der Waals surface area contributed by atoms with Gasteiger partial charge in [0.15, 0.2) is 17.1 Å². The number of amides is 1. The van der Waals surface area contributed by atoms with Crippen LogP contribution in [0.3, 0.4) is 0 Å². The first-order valence-corrected chi connectivity index (χ1v) is 11.1. The van der Waals surface area contributed by atoms with E-state index in [4.69, 9.17) is 9.47 Å². The van der Waals surface area contributed by atoms with Crippen LogP contribution < -0.4 is 9.47 Å². The first kappa shape index (κ1) is 20.6. The maximum absolute atomic E-state index is 13.3. The average molecular weight is 459 g/mol. The lowest BCUT2D eigenvalue weighted by molar-refractivity contribution is 0.0630. The second-order valence-electron chi connectivity index (χ2n) is 8.39. The van der Waals surface area contributed by atoms with Gasteiger partial charge >= 0.3 is 0 Å². The van der Waals surface area contributed by atoms with Crippen molar-refractivity contribution < 1.29 is 18.7 Å². The van der Waals surface area contributed by atoms with E-state index >= 15 is 0 Å². The molecule has 0 atom stereocenters. The Hall–Kier alpha value is -3.98. The summed E-state index contributed by atoms with van der Waals surface area (Å²) in [6.07, 6.45) is 3.21. The van der Waals surface area contributed by atoms with Crippen molar-refractivity contribution in [1.82, 2.24) is 24.4 Å². The summed E-state index contributed by atoms with van der Waals surface area (Å²) in [5.74, 6) is 1.18. The van der Waals surface area contributed by atoms with Crippen LogP contribution >= 0.6 is 0 Å². The smallest absolute Gasteiger partial charge is 0.259 e. The standard InChI is InChI=1S/C25H22FN5O3/c26-19-4-2-18(3-5-19)21-7-8-27-24-20(14-28-31(21)24)25(32)30-11-9-29(10-12-30)15-17-1-6-22-23(13-17)34-16-33-22/h1-8,13-14H,9-12,15-16H2. The molecule has 0 spiro atoms. The van der Waals surface area contributed by atoms with E-state index < -0.39 is 0 Å². The normalized spacial score (nSPS) is 15.7. The molecule has 1 saturated heterocycles. The van der Waals surface area contributed by atoms with Crippen LogP contribution in [0.4, 0.5) is 4.39 Å². The Labute approximate surface area is 195 Å². The van der Waals surface area contributed by atoms with Crippen molar-refractivity contribution in [3.63, 3.8) is 0 Å². The first-order valence-electron chi connectivity index (χ1n) is 11.1. The molecule has 8 nitrogen and oxygen atoms in total. The fourth-order valence-corrected chi connectivity index (χ4v) is 4.46. The van der Waals surface area contributed by atoms with Gasteiger partial charge in [-0.15, -0.1) is 0 Å². The van der Waals surface area contributed by atoms with Crippen LogP contribution in [-0.4, -0.2) is 63.3 Å². The van der Waals surface area contributed by atoms with Crippen molar-refractivity contribution in [2.75, 3.05) is 33.0 Å². The highest BCUT2D eigenvalue weighted by molar-refractivity contribution is 6.00. The topological polar surface area (TPSA) is 72.2 Å². The molecule has 6 rings (SSSR count). The van der Waals surface area contributed by atoms with Gasteiger partial charge in [0.2, 0.25) is 6.79 Å². The van der Waals surface area contributed by atoms with Gasteiger partial charge in [0, 0.05) is 44.5 Å². The molecule has 1 amide bonds. The largest absolute Gasteiger partial charge is 0.454 e. The molecular formula is C25H22FN5O3. The molecular weight excluding hydrogens is 437 g/mol. The average Bonchev–Trinajstić information content (AvgIpc) is 3.51. The molecule has 9 heteroatoms. The van der Waals surface area contributed by atoms with E-state index in [9.17, 15) is 9.18 Å². The van der Waals surface area contributed by atoms with Crippen LogP contribution in [0, 0.1) is 5.82 Å². The maximum Gasteiger partial charge on any atom is 0.259 e. The number of aromatic nitrogens is 3. The molecule has 0 bridgehead atoms. The summed E-state index contributed by atoms with van der Waals surface area (Å²) in [5.41, 5.74) is 3.66. The Morgan fingerprint density at radius 3 is 2.59 bits per heavy atom. The van der Waals surface area contributed by atoms with E-state index in [1.807, 2.05) is 17.0 Å². The number of carbonyl (C=O) groups excluding carboxylic acids is 1. The van der Waals surface area contributed by atoms with Crippen molar-refractivity contribution in [3.05, 3.63) is 77.9 Å². The van der Waals surface area contributed by atoms with E-state index in [1.165, 1.54) is 12.1 Å². The van der Waals surface area contributed by atoms with Crippen LogP contribution in [0.25, 0.3) is 16.9 Å². The van der Waals surface area contributed by atoms with Crippen molar-refractivity contribution in [1.29, 1.82) is 0 Å². The molecule has 0 aliphatic carbocycles. The maximum atomic E-state index is 13.3. The number of hydrogen-bond donors (Lipinski definition) is 0. The quantitative estimate of drug-likeness (QED) is 0.467. The van der Waals surface area contributed by atoms with E-state index in [2.05, 4.69) is 21.0 Å². The summed E-state index contributed by atoms with van der Waals surface area (Å²) in [5, 5.41) is 4.41. The van der Waals surface area contributed by atoms with Crippen LogP contribution in [0.5, 0.6) is 11.5 Å². The number of piperazine rings is 1. The lowest BCUT2D eigenvalue weighted by atomic mass is 10.1. The van der Waals surface area contributed by atoms with Gasteiger partial charge in [-0.2, -0.15) is 5.10 Å². The molecule has 2 aliphatic rings. The number of benzene rings is 2. The van der Waals surface area contributed by atoms with Gasteiger partial charge in [-0.3, -0.25) is 9.69 Å². The van der Waals surface area contributed by atoms with Crippen LogP contribution in [0.2, 0.25) is 0 Å². The number of halogens is 1. The minimum Gasteiger partial charge on any atom is -0.454 e. The zero-order chi connectivity index (χ0) is 23.1. The number of ether oxygens (including phenoxy) is 2. The predicted molar refractivity (Wildman–Crippen MR) is 122 cm³/mol. The number of fused-ring (bicyclic) bond motifs is 2. The van der Waals surface area contributed by atoms with Gasteiger partial charge in [0.1, 0.15) is 11.4 Å². The Bertz CT molecular complexity index is 1360. The Morgan fingerprint density at radius 1 is 0.971 bits per heavy atom. The van der Waals surface area contributed by atoms with Gasteiger partial charge in [0.05, 0.1) is 11.9 Å². The molecule has 0 N–H and O–H groups in total. The summed E-state index contributed by atoms with van der Waals surface area (Å²) in [6, 6.07) is 14.0. The zero-order valence-electron chi connectivity index (χ0n) is 18.4. The van der Waals surface area contributed by atoms with E-state index in [1.54, 1.807) is 35.1 Å². The molecule has 0 unspecified atom stereocenters. The van der Waals surface area contributed by atoms with Crippen molar-refractivity contribution in [2.45, 2.75) is 6.54 Å². The highest BCUT2D eigenvalue weighted by atomic mass is 19.1. The van der Waals surface area contributed by atoms with Gasteiger partial charge in [-0.1, -0.05) is 6.07 Å². The molecule has 172 valence electrons. The summed E-state index contributed by atoms with van der Waals surface area (Å²) >= 11 is 0. The summed E-state index contributed by atoms with van der Waals surface area (Å²) in [4.78, 5) is 21.9. The van der Waals surface area contributed by atoms with E-state index in [-0.39, 0.29) is 18.5 Å². The molecule has 2 aliphatic heterocycles. The summed E-state index contributed by atoms with van der Waals surface area (Å²) in [6.45, 7) is 3.85. The third-order valence-corrected chi connectivity index (χ3v) is 6.27. The second kappa shape index (κ2) is 8.42. The van der Waals surface area contributed by atoms with Crippen LogP contribution in [0.1, 0.15) is 15.9 Å². The summed E-state index contributed by atoms with van der Waals surface area (Å²) in [7, 11) is 0. The Balaban J connectivity index is 1.15. The SMILES string of the molecule is O=C(c1cnn2c(-c3ccc(F)cc3)ccnc12)N1CCN(Cc2ccc3c(c2)OCO3)CC1. The highest BCUT2D eigenvalue weighted by Crippen LogP contribution is 2.33. The first-order chi connectivity index (χ1) is 16.7. The number of nitrogens with zero attached hydrogens (tertiary/aromatic N) is 5. The predicted octanol–water partition coefficient (Wildman–Crippen LogP) is 3.22. The number of rotatable bonds is 4. The van der Waals surface area contributed by atoms with E-state index in [0.717, 1.165) is 48.0 Å². The Morgan fingerprint density at radius 2 is 1.76 bits per heavy atom. The van der Waals surface area contributed by atoms with Crippen molar-refractivity contribution in [2.24, 2.45) is 0 Å². The zero-order valence-corrected chi connectivity index (χ0v) is 18.4. The molecule has 2 aromatic carbocycles. The highest BCUT2D eigenvalue weighted by Gasteiger charge is 2.26. The third kappa shape index (κ3) is 3.73. The number of carbonyl (C=O) groups is 1. The van der Waals surface area contributed by atoms with Crippen LogP contribution in [0.15, 0.2) is 60.9 Å². The van der Waals surface area contributed by atoms with Gasteiger partial charge < -0.3 is 14.4 Å².